The third-order valence-corrected chi connectivity index (χ3v) is 8.48. The van der Waals surface area contributed by atoms with E-state index >= 15 is 0 Å². The predicted molar refractivity (Wildman–Crippen MR) is 115 cm³/mol. The molecule has 0 N–H and O–H groups in total. The van der Waals surface area contributed by atoms with Crippen LogP contribution in [0, 0.1) is 6.92 Å². The van der Waals surface area contributed by atoms with Gasteiger partial charge in [0, 0.05) is 22.7 Å². The lowest BCUT2D eigenvalue weighted by Crippen LogP contribution is -2.40. The van der Waals surface area contributed by atoms with Gasteiger partial charge in [0.2, 0.25) is 0 Å². The highest BCUT2D eigenvalue weighted by Gasteiger charge is 2.36. The molecule has 4 nitrogen and oxygen atoms in total. The van der Waals surface area contributed by atoms with Crippen molar-refractivity contribution in [3.8, 4) is 0 Å². The monoisotopic (exact) mass is 433 g/mol. The van der Waals surface area contributed by atoms with Gasteiger partial charge in [-0.3, -0.25) is 4.79 Å². The van der Waals surface area contributed by atoms with E-state index in [1.807, 2.05) is 55.5 Å². The molecule has 1 amide bonds. The van der Waals surface area contributed by atoms with E-state index in [1.54, 1.807) is 4.90 Å². The van der Waals surface area contributed by atoms with Crippen LogP contribution in [0.25, 0.3) is 10.1 Å². The number of carbonyl (C=O) groups excluding carboxylic acids is 1. The quantitative estimate of drug-likeness (QED) is 0.599. The summed E-state index contributed by atoms with van der Waals surface area (Å²) in [6, 6.07) is 15.2. The van der Waals surface area contributed by atoms with Crippen LogP contribution >= 0.6 is 22.9 Å². The highest BCUT2D eigenvalue weighted by atomic mass is 35.5. The van der Waals surface area contributed by atoms with Crippen molar-refractivity contribution in [1.29, 1.82) is 0 Å². The Morgan fingerprint density at radius 1 is 1.21 bits per heavy atom. The van der Waals surface area contributed by atoms with Gasteiger partial charge in [0.1, 0.15) is 4.88 Å². The summed E-state index contributed by atoms with van der Waals surface area (Å²) in [7, 11) is -3.11. The first-order chi connectivity index (χ1) is 13.3. The minimum absolute atomic E-state index is 0.00714. The second kappa shape index (κ2) is 7.50. The number of halogens is 1. The first kappa shape index (κ1) is 19.4. The smallest absolute Gasteiger partial charge is 0.266 e. The maximum atomic E-state index is 13.5. The Labute approximate surface area is 173 Å². The van der Waals surface area contributed by atoms with E-state index in [0.29, 0.717) is 22.9 Å². The fraction of sp³-hybridized carbons (Fsp3) is 0.286. The van der Waals surface area contributed by atoms with Crippen LogP contribution in [-0.2, 0) is 16.4 Å². The van der Waals surface area contributed by atoms with Crippen LogP contribution in [0.1, 0.15) is 27.2 Å². The minimum atomic E-state index is -3.11. The van der Waals surface area contributed by atoms with E-state index in [1.165, 1.54) is 11.3 Å². The average Bonchev–Trinajstić information content (AvgIpc) is 3.19. The first-order valence-corrected chi connectivity index (χ1v) is 12.1. The summed E-state index contributed by atoms with van der Waals surface area (Å²) in [4.78, 5) is 15.6. The zero-order chi connectivity index (χ0) is 19.9. The molecule has 1 unspecified atom stereocenters. The van der Waals surface area contributed by atoms with E-state index in [4.69, 9.17) is 11.6 Å². The van der Waals surface area contributed by atoms with Gasteiger partial charge in [-0.1, -0.05) is 54.1 Å². The number of fused-ring (bicyclic) bond motifs is 1. The van der Waals surface area contributed by atoms with Gasteiger partial charge in [0.05, 0.1) is 16.5 Å². The molecule has 0 bridgehead atoms. The molecule has 4 rings (SSSR count). The molecule has 0 aliphatic carbocycles. The van der Waals surface area contributed by atoms with Crippen molar-refractivity contribution in [2.45, 2.75) is 25.9 Å². The molecular formula is C21H20ClNO3S2. The number of sulfone groups is 1. The largest absolute Gasteiger partial charge is 0.330 e. The summed E-state index contributed by atoms with van der Waals surface area (Å²) < 4.78 is 25.0. The molecule has 1 aliphatic heterocycles. The molecule has 1 fully saturated rings. The molecule has 2 heterocycles. The van der Waals surface area contributed by atoms with E-state index in [9.17, 15) is 13.2 Å². The number of nitrogens with zero attached hydrogens (tertiary/aromatic N) is 1. The van der Waals surface area contributed by atoms with Crippen molar-refractivity contribution in [2.75, 3.05) is 11.5 Å². The van der Waals surface area contributed by atoms with Crippen molar-refractivity contribution >= 4 is 48.8 Å². The number of thiophene rings is 1. The fourth-order valence-electron chi connectivity index (χ4n) is 3.61. The third-order valence-electron chi connectivity index (χ3n) is 5.08. The van der Waals surface area contributed by atoms with Crippen molar-refractivity contribution < 1.29 is 13.2 Å². The highest BCUT2D eigenvalue weighted by Crippen LogP contribution is 2.37. The van der Waals surface area contributed by atoms with Crippen LogP contribution in [0.2, 0.25) is 5.02 Å². The van der Waals surface area contributed by atoms with Gasteiger partial charge in [-0.05, 0) is 30.5 Å². The molecular weight excluding hydrogens is 414 g/mol. The first-order valence-electron chi connectivity index (χ1n) is 9.08. The lowest BCUT2D eigenvalue weighted by Gasteiger charge is -2.28. The molecule has 3 aromatic rings. The molecule has 7 heteroatoms. The van der Waals surface area contributed by atoms with Crippen molar-refractivity contribution in [2.24, 2.45) is 0 Å². The second-order valence-corrected chi connectivity index (χ2v) is 10.9. The maximum absolute atomic E-state index is 13.5. The summed E-state index contributed by atoms with van der Waals surface area (Å²) in [5.74, 6) is -0.0715. The zero-order valence-corrected chi connectivity index (χ0v) is 17.8. The third kappa shape index (κ3) is 3.81. The van der Waals surface area contributed by atoms with Crippen LogP contribution < -0.4 is 0 Å². The molecule has 0 radical (unpaired) electrons. The van der Waals surface area contributed by atoms with Crippen molar-refractivity contribution in [3.05, 3.63) is 69.6 Å². The predicted octanol–water partition coefficient (Wildman–Crippen LogP) is 4.69. The van der Waals surface area contributed by atoms with Gasteiger partial charge in [0.25, 0.3) is 5.91 Å². The van der Waals surface area contributed by atoms with E-state index in [-0.39, 0.29) is 23.5 Å². The molecule has 1 aromatic heterocycles. The molecule has 1 atom stereocenters. The van der Waals surface area contributed by atoms with Crippen molar-refractivity contribution in [1.82, 2.24) is 4.90 Å². The second-order valence-electron chi connectivity index (χ2n) is 7.22. The standard InChI is InChI=1S/C21H20ClNO3S2/c1-14-7-8-17-18(11-14)27-20(19(17)22)21(24)23(12-15-5-3-2-4-6-15)16-9-10-28(25,26)13-16/h2-8,11,16H,9-10,12-13H2,1H3. The Hall–Kier alpha value is -1.89. The number of rotatable bonds is 4. The van der Waals surface area contributed by atoms with Gasteiger partial charge < -0.3 is 4.90 Å². The van der Waals surface area contributed by atoms with Crippen LogP contribution in [0.5, 0.6) is 0 Å². The molecule has 146 valence electrons. The number of hydrogen-bond acceptors (Lipinski definition) is 4. The van der Waals surface area contributed by atoms with Gasteiger partial charge in [-0.2, -0.15) is 0 Å². The molecule has 0 saturated carbocycles. The number of benzene rings is 2. The molecule has 28 heavy (non-hydrogen) atoms. The summed E-state index contributed by atoms with van der Waals surface area (Å²) in [5.41, 5.74) is 2.07. The van der Waals surface area contributed by atoms with Gasteiger partial charge in [-0.25, -0.2) is 8.42 Å². The minimum Gasteiger partial charge on any atom is -0.330 e. The number of carbonyl (C=O) groups is 1. The lowest BCUT2D eigenvalue weighted by molar-refractivity contribution is 0.0686. The Kier molecular flexibility index (Phi) is 5.21. The Morgan fingerprint density at radius 2 is 1.96 bits per heavy atom. The topological polar surface area (TPSA) is 54.5 Å². The maximum Gasteiger partial charge on any atom is 0.266 e. The average molecular weight is 434 g/mol. The summed E-state index contributed by atoms with van der Waals surface area (Å²) in [5, 5.41) is 1.31. The summed E-state index contributed by atoms with van der Waals surface area (Å²) >= 11 is 7.93. The number of hydrogen-bond donors (Lipinski definition) is 0. The van der Waals surface area contributed by atoms with E-state index in [2.05, 4.69) is 0 Å². The number of amides is 1. The molecule has 2 aromatic carbocycles. The molecule has 1 saturated heterocycles. The lowest BCUT2D eigenvalue weighted by atomic mass is 10.1. The van der Waals surface area contributed by atoms with E-state index in [0.717, 1.165) is 21.2 Å². The Morgan fingerprint density at radius 3 is 2.64 bits per heavy atom. The summed E-state index contributed by atoms with van der Waals surface area (Å²) in [6.45, 7) is 2.36. The normalized spacial score (nSPS) is 18.4. The van der Waals surface area contributed by atoms with Gasteiger partial charge in [-0.15, -0.1) is 11.3 Å². The molecule has 0 spiro atoms. The molecule has 1 aliphatic rings. The van der Waals surface area contributed by atoms with Gasteiger partial charge >= 0.3 is 0 Å². The Balaban J connectivity index is 1.73. The van der Waals surface area contributed by atoms with E-state index < -0.39 is 9.84 Å². The van der Waals surface area contributed by atoms with Crippen LogP contribution in [0.3, 0.4) is 0 Å². The zero-order valence-electron chi connectivity index (χ0n) is 15.4. The highest BCUT2D eigenvalue weighted by molar-refractivity contribution is 7.91. The summed E-state index contributed by atoms with van der Waals surface area (Å²) in [6.07, 6.45) is 0.461. The van der Waals surface area contributed by atoms with Gasteiger partial charge in [0.15, 0.2) is 9.84 Å². The fourth-order valence-corrected chi connectivity index (χ4v) is 6.91. The van der Waals surface area contributed by atoms with Crippen LogP contribution in [-0.4, -0.2) is 36.8 Å². The number of aryl methyl sites for hydroxylation is 1. The van der Waals surface area contributed by atoms with Crippen molar-refractivity contribution in [3.63, 3.8) is 0 Å². The van der Waals surface area contributed by atoms with Crippen LogP contribution in [0.4, 0.5) is 0 Å². The SMILES string of the molecule is Cc1ccc2c(Cl)c(C(=O)N(Cc3ccccc3)C3CCS(=O)(=O)C3)sc2c1. The van der Waals surface area contributed by atoms with Crippen LogP contribution in [0.15, 0.2) is 48.5 Å². The Bertz CT molecular complexity index is 1140.